The molecule has 27 heavy (non-hydrogen) atoms. The SMILES string of the molecule is Cc1cc(S(=O)(=O)N(C)C)cc(NCc2c(F)c(F)c(F)c(F)c2F)c1C. The Morgan fingerprint density at radius 3 is 1.85 bits per heavy atom. The predicted molar refractivity (Wildman–Crippen MR) is 90.3 cm³/mol. The van der Waals surface area contributed by atoms with E-state index in [2.05, 4.69) is 5.32 Å². The van der Waals surface area contributed by atoms with Gasteiger partial charge in [0.1, 0.15) is 0 Å². The van der Waals surface area contributed by atoms with Gasteiger partial charge in [0.2, 0.25) is 15.8 Å². The van der Waals surface area contributed by atoms with E-state index in [9.17, 15) is 30.4 Å². The highest BCUT2D eigenvalue weighted by atomic mass is 32.2. The van der Waals surface area contributed by atoms with E-state index in [0.29, 0.717) is 11.1 Å². The van der Waals surface area contributed by atoms with Crippen LogP contribution in [0.5, 0.6) is 0 Å². The lowest BCUT2D eigenvalue weighted by molar-refractivity contribution is 0.371. The lowest BCUT2D eigenvalue weighted by atomic mass is 10.1. The lowest BCUT2D eigenvalue weighted by Crippen LogP contribution is -2.22. The third kappa shape index (κ3) is 3.77. The van der Waals surface area contributed by atoms with Crippen LogP contribution in [0.1, 0.15) is 16.7 Å². The highest BCUT2D eigenvalue weighted by Gasteiger charge is 2.26. The molecule has 0 radical (unpaired) electrons. The third-order valence-electron chi connectivity index (χ3n) is 4.18. The Morgan fingerprint density at radius 1 is 0.889 bits per heavy atom. The summed E-state index contributed by atoms with van der Waals surface area (Å²) in [5, 5.41) is 2.56. The zero-order valence-corrected chi connectivity index (χ0v) is 15.7. The first-order valence-corrected chi connectivity index (χ1v) is 9.11. The fourth-order valence-corrected chi connectivity index (χ4v) is 3.37. The molecule has 0 saturated carbocycles. The smallest absolute Gasteiger partial charge is 0.242 e. The number of nitrogens with zero attached hydrogens (tertiary/aromatic N) is 1. The summed E-state index contributed by atoms with van der Waals surface area (Å²) in [6, 6.07) is 2.66. The summed E-state index contributed by atoms with van der Waals surface area (Å²) in [7, 11) is -1.10. The molecule has 0 heterocycles. The van der Waals surface area contributed by atoms with E-state index in [1.54, 1.807) is 13.8 Å². The van der Waals surface area contributed by atoms with Crippen LogP contribution in [0, 0.1) is 42.9 Å². The number of anilines is 1. The van der Waals surface area contributed by atoms with Crippen LogP contribution < -0.4 is 5.32 Å². The molecule has 10 heteroatoms. The normalized spacial score (nSPS) is 11.9. The lowest BCUT2D eigenvalue weighted by Gasteiger charge is -2.17. The highest BCUT2D eigenvalue weighted by Crippen LogP contribution is 2.28. The quantitative estimate of drug-likeness (QED) is 0.464. The topological polar surface area (TPSA) is 49.4 Å². The van der Waals surface area contributed by atoms with E-state index in [4.69, 9.17) is 0 Å². The van der Waals surface area contributed by atoms with E-state index in [1.165, 1.54) is 26.2 Å². The van der Waals surface area contributed by atoms with Crippen LogP contribution in [0.2, 0.25) is 0 Å². The second kappa shape index (κ2) is 7.43. The van der Waals surface area contributed by atoms with Gasteiger partial charge in [0.25, 0.3) is 0 Å². The van der Waals surface area contributed by atoms with Gasteiger partial charge in [-0.3, -0.25) is 0 Å². The Kier molecular flexibility index (Phi) is 5.81. The van der Waals surface area contributed by atoms with Crippen LogP contribution in [-0.2, 0) is 16.6 Å². The second-order valence-corrected chi connectivity index (χ2v) is 8.25. The van der Waals surface area contributed by atoms with Crippen molar-refractivity contribution in [1.82, 2.24) is 4.31 Å². The average Bonchev–Trinajstić information content (AvgIpc) is 2.61. The minimum absolute atomic E-state index is 0.0736. The van der Waals surface area contributed by atoms with Gasteiger partial charge in [0.05, 0.1) is 4.90 Å². The molecule has 0 bridgehead atoms. The monoisotopic (exact) mass is 408 g/mol. The van der Waals surface area contributed by atoms with E-state index in [1.807, 2.05) is 0 Å². The maximum atomic E-state index is 13.8. The first-order valence-electron chi connectivity index (χ1n) is 7.67. The molecule has 0 aliphatic heterocycles. The Hall–Kier alpha value is -2.20. The van der Waals surface area contributed by atoms with E-state index >= 15 is 0 Å². The van der Waals surface area contributed by atoms with Crippen molar-refractivity contribution >= 4 is 15.7 Å². The molecule has 0 saturated heterocycles. The Balaban J connectivity index is 2.47. The Morgan fingerprint density at radius 2 is 1.37 bits per heavy atom. The molecule has 0 fully saturated rings. The van der Waals surface area contributed by atoms with Crippen LogP contribution in [0.25, 0.3) is 0 Å². The van der Waals surface area contributed by atoms with E-state index in [0.717, 1.165) is 4.31 Å². The van der Waals surface area contributed by atoms with Crippen molar-refractivity contribution in [2.75, 3.05) is 19.4 Å². The van der Waals surface area contributed by atoms with Crippen molar-refractivity contribution in [1.29, 1.82) is 0 Å². The largest absolute Gasteiger partial charge is 0.380 e. The molecule has 0 amide bonds. The number of aryl methyl sites for hydroxylation is 1. The molecule has 0 atom stereocenters. The average molecular weight is 408 g/mol. The fourth-order valence-electron chi connectivity index (χ4n) is 2.36. The summed E-state index contributed by atoms with van der Waals surface area (Å²) in [6.07, 6.45) is 0. The second-order valence-electron chi connectivity index (χ2n) is 6.10. The minimum atomic E-state index is -3.78. The van der Waals surface area contributed by atoms with Crippen molar-refractivity contribution in [3.63, 3.8) is 0 Å². The van der Waals surface area contributed by atoms with Crippen LogP contribution in [0.3, 0.4) is 0 Å². The highest BCUT2D eigenvalue weighted by molar-refractivity contribution is 7.89. The summed E-state index contributed by atoms with van der Waals surface area (Å²) >= 11 is 0. The molecule has 2 rings (SSSR count). The molecule has 0 spiro atoms. The molecule has 0 aliphatic carbocycles. The third-order valence-corrected chi connectivity index (χ3v) is 5.97. The molecule has 0 aliphatic rings. The fraction of sp³-hybridized carbons (Fsp3) is 0.294. The van der Waals surface area contributed by atoms with Crippen molar-refractivity contribution in [2.24, 2.45) is 0 Å². The van der Waals surface area contributed by atoms with Crippen molar-refractivity contribution in [3.8, 4) is 0 Å². The molecule has 0 unspecified atom stereocenters. The van der Waals surface area contributed by atoms with Gasteiger partial charge in [-0.25, -0.2) is 34.7 Å². The number of benzene rings is 2. The van der Waals surface area contributed by atoms with Crippen molar-refractivity contribution < 1.29 is 30.4 Å². The zero-order valence-electron chi connectivity index (χ0n) is 14.9. The summed E-state index contributed by atoms with van der Waals surface area (Å²) in [5.74, 6) is -10.2. The number of halogens is 5. The molecular weight excluding hydrogens is 391 g/mol. The van der Waals surface area contributed by atoms with Crippen molar-refractivity contribution in [2.45, 2.75) is 25.3 Å². The predicted octanol–water partition coefficient (Wildman–Crippen LogP) is 3.86. The van der Waals surface area contributed by atoms with Gasteiger partial charge in [-0.1, -0.05) is 0 Å². The maximum absolute atomic E-state index is 13.8. The summed E-state index contributed by atoms with van der Waals surface area (Å²) in [4.78, 5) is -0.0736. The van der Waals surface area contributed by atoms with Gasteiger partial charge in [-0.15, -0.1) is 0 Å². The number of hydrogen-bond donors (Lipinski definition) is 1. The molecule has 2 aromatic rings. The van der Waals surface area contributed by atoms with Gasteiger partial charge in [0.15, 0.2) is 23.3 Å². The van der Waals surface area contributed by atoms with Gasteiger partial charge in [-0.05, 0) is 37.1 Å². The molecule has 0 aromatic heterocycles. The van der Waals surface area contributed by atoms with E-state index < -0.39 is 51.2 Å². The summed E-state index contributed by atoms with van der Waals surface area (Å²) in [6.45, 7) is 2.54. The molecule has 148 valence electrons. The minimum Gasteiger partial charge on any atom is -0.380 e. The zero-order chi connectivity index (χ0) is 20.7. The maximum Gasteiger partial charge on any atom is 0.242 e. The summed E-state index contributed by atoms with van der Waals surface area (Å²) in [5.41, 5.74) is 0.290. The molecule has 2 aromatic carbocycles. The number of sulfonamides is 1. The van der Waals surface area contributed by atoms with Gasteiger partial charge in [0, 0.05) is 31.9 Å². The Labute approximate surface area is 153 Å². The van der Waals surface area contributed by atoms with Crippen LogP contribution in [-0.4, -0.2) is 26.8 Å². The van der Waals surface area contributed by atoms with Crippen LogP contribution >= 0.6 is 0 Å². The van der Waals surface area contributed by atoms with Crippen molar-refractivity contribution in [3.05, 3.63) is 57.9 Å². The number of rotatable bonds is 5. The Bertz CT molecular complexity index is 978. The van der Waals surface area contributed by atoms with Crippen LogP contribution in [0.15, 0.2) is 17.0 Å². The van der Waals surface area contributed by atoms with Gasteiger partial charge < -0.3 is 5.32 Å². The molecular formula is C17H17F5N2O2S. The summed E-state index contributed by atoms with van der Waals surface area (Å²) < 4.78 is 92.9. The van der Waals surface area contributed by atoms with E-state index in [-0.39, 0.29) is 10.6 Å². The van der Waals surface area contributed by atoms with Gasteiger partial charge in [-0.2, -0.15) is 0 Å². The molecule has 4 nitrogen and oxygen atoms in total. The number of hydrogen-bond acceptors (Lipinski definition) is 3. The number of nitrogens with one attached hydrogen (secondary N) is 1. The molecule has 1 N–H and O–H groups in total. The standard InChI is InChI=1S/C17H17F5N2O2S/c1-8-5-10(27(25,26)24(3)4)6-12(9(8)2)23-7-11-13(18)15(20)17(22)16(21)14(11)19/h5-6,23H,7H2,1-4H3. The van der Waals surface area contributed by atoms with Gasteiger partial charge >= 0.3 is 0 Å². The first kappa shape index (κ1) is 21.1. The first-order chi connectivity index (χ1) is 12.4. The van der Waals surface area contributed by atoms with Crippen LogP contribution in [0.4, 0.5) is 27.6 Å².